The van der Waals surface area contributed by atoms with Gasteiger partial charge in [-0.2, -0.15) is 15.0 Å². The third-order valence-electron chi connectivity index (χ3n) is 6.93. The summed E-state index contributed by atoms with van der Waals surface area (Å²) in [5.74, 6) is 1.06. The predicted molar refractivity (Wildman–Crippen MR) is 149 cm³/mol. The van der Waals surface area contributed by atoms with E-state index in [1.165, 1.54) is 4.68 Å². The Balaban J connectivity index is 1.46. The van der Waals surface area contributed by atoms with Crippen molar-refractivity contribution in [3.63, 3.8) is 0 Å². The van der Waals surface area contributed by atoms with Crippen LogP contribution in [0, 0.1) is 0 Å². The molecule has 0 bridgehead atoms. The maximum atomic E-state index is 13.7. The van der Waals surface area contributed by atoms with E-state index in [2.05, 4.69) is 27.5 Å². The first-order valence-corrected chi connectivity index (χ1v) is 13.1. The monoisotopic (exact) mass is 521 g/mol. The third kappa shape index (κ3) is 5.20. The van der Waals surface area contributed by atoms with Crippen LogP contribution < -0.4 is 5.69 Å². The smallest absolute Gasteiger partial charge is 0.291 e. The summed E-state index contributed by atoms with van der Waals surface area (Å²) < 4.78 is 3.04. The number of aromatic nitrogens is 7. The summed E-state index contributed by atoms with van der Waals surface area (Å²) in [6, 6.07) is 25.0. The van der Waals surface area contributed by atoms with Gasteiger partial charge in [-0.1, -0.05) is 92.2 Å². The first-order chi connectivity index (χ1) is 18.9. The number of nitrogens with zero attached hydrogens (tertiary/aromatic N) is 6. The lowest BCUT2D eigenvalue weighted by Crippen LogP contribution is -2.44. The molecule has 0 fully saturated rings. The van der Waals surface area contributed by atoms with Crippen molar-refractivity contribution >= 4 is 5.78 Å². The van der Waals surface area contributed by atoms with Gasteiger partial charge in [-0.05, 0) is 42.2 Å². The lowest BCUT2D eigenvalue weighted by atomic mass is 9.93. The van der Waals surface area contributed by atoms with Crippen LogP contribution in [0.25, 0.3) is 22.5 Å². The van der Waals surface area contributed by atoms with Crippen molar-refractivity contribution in [2.45, 2.75) is 52.1 Å². The largest absolute Gasteiger partial charge is 0.347 e. The molecule has 2 heterocycles. The van der Waals surface area contributed by atoms with Crippen LogP contribution in [0.4, 0.5) is 0 Å². The highest BCUT2D eigenvalue weighted by Crippen LogP contribution is 2.30. The van der Waals surface area contributed by atoms with Gasteiger partial charge in [-0.15, -0.1) is 10.2 Å². The quantitative estimate of drug-likeness (QED) is 0.262. The van der Waals surface area contributed by atoms with Gasteiger partial charge >= 0.3 is 5.69 Å². The Labute approximate surface area is 226 Å². The zero-order chi connectivity index (χ0) is 27.4. The second-order valence-electron chi connectivity index (χ2n) is 10.0. The minimum absolute atomic E-state index is 0.151. The first-order valence-electron chi connectivity index (χ1n) is 13.1. The van der Waals surface area contributed by atoms with Crippen molar-refractivity contribution in [1.29, 1.82) is 0 Å². The van der Waals surface area contributed by atoms with Gasteiger partial charge in [0, 0.05) is 17.5 Å². The molecular weight excluding hydrogens is 490 g/mol. The minimum Gasteiger partial charge on any atom is -0.291 e. The third-order valence-corrected chi connectivity index (χ3v) is 6.93. The van der Waals surface area contributed by atoms with Crippen LogP contribution in [0.1, 0.15) is 55.4 Å². The molecule has 0 aliphatic carbocycles. The number of tetrazole rings is 1. The molecule has 1 N–H and O–H groups in total. The van der Waals surface area contributed by atoms with E-state index in [9.17, 15) is 9.59 Å². The van der Waals surface area contributed by atoms with Gasteiger partial charge in [-0.25, -0.2) is 4.79 Å². The van der Waals surface area contributed by atoms with Crippen LogP contribution >= 0.6 is 0 Å². The van der Waals surface area contributed by atoms with Crippen molar-refractivity contribution < 1.29 is 4.79 Å². The van der Waals surface area contributed by atoms with Crippen LogP contribution in [0.2, 0.25) is 0 Å². The van der Waals surface area contributed by atoms with Gasteiger partial charge in [0.25, 0.3) is 0 Å². The molecule has 9 heteroatoms. The second-order valence-corrected chi connectivity index (χ2v) is 10.0. The lowest BCUT2D eigenvalue weighted by Gasteiger charge is -2.22. The van der Waals surface area contributed by atoms with Gasteiger partial charge < -0.3 is 0 Å². The normalized spacial score (nSPS) is 11.6. The number of H-pyrrole nitrogens is 1. The Bertz CT molecular complexity index is 1620. The van der Waals surface area contributed by atoms with Gasteiger partial charge in [-0.3, -0.25) is 9.36 Å². The molecule has 0 unspecified atom stereocenters. The highest BCUT2D eigenvalue weighted by molar-refractivity contribution is 6.01. The Hall–Kier alpha value is -4.66. The number of ketones is 1. The molecular formula is C30H31N7O2. The summed E-state index contributed by atoms with van der Waals surface area (Å²) >= 11 is 0. The number of rotatable bonds is 10. The predicted octanol–water partition coefficient (Wildman–Crippen LogP) is 4.90. The van der Waals surface area contributed by atoms with E-state index >= 15 is 0 Å². The maximum Gasteiger partial charge on any atom is 0.347 e. The molecule has 9 nitrogen and oxygen atoms in total. The molecule has 0 aliphatic rings. The molecule has 5 rings (SSSR count). The zero-order valence-corrected chi connectivity index (χ0v) is 22.3. The van der Waals surface area contributed by atoms with Gasteiger partial charge in [0.15, 0.2) is 5.78 Å². The van der Waals surface area contributed by atoms with E-state index in [1.54, 1.807) is 30.5 Å². The van der Waals surface area contributed by atoms with Crippen LogP contribution in [-0.4, -0.2) is 40.8 Å². The molecule has 0 radical (unpaired) electrons. The highest BCUT2D eigenvalue weighted by Gasteiger charge is 2.35. The van der Waals surface area contributed by atoms with Gasteiger partial charge in [0.1, 0.15) is 11.4 Å². The van der Waals surface area contributed by atoms with E-state index in [0.717, 1.165) is 35.1 Å². The van der Waals surface area contributed by atoms with Crippen molar-refractivity contribution in [3.8, 4) is 22.5 Å². The van der Waals surface area contributed by atoms with Crippen molar-refractivity contribution in [2.24, 2.45) is 0 Å². The molecule has 2 aromatic heterocycles. The van der Waals surface area contributed by atoms with E-state index in [-0.39, 0.29) is 11.5 Å². The second kappa shape index (κ2) is 11.0. The van der Waals surface area contributed by atoms with Gasteiger partial charge in [0.2, 0.25) is 5.82 Å². The number of unbranched alkanes of at least 4 members (excludes halogenated alkanes) is 1. The zero-order valence-electron chi connectivity index (χ0n) is 22.3. The number of hydrogen-bond donors (Lipinski definition) is 1. The molecule has 0 atom stereocenters. The molecule has 0 spiro atoms. The molecule has 198 valence electrons. The van der Waals surface area contributed by atoms with Crippen LogP contribution in [-0.2, 0) is 18.5 Å². The lowest BCUT2D eigenvalue weighted by molar-refractivity contribution is 0.0827. The summed E-state index contributed by atoms with van der Waals surface area (Å²) in [5, 5.41) is 19.1. The van der Waals surface area contributed by atoms with E-state index in [0.29, 0.717) is 30.2 Å². The Morgan fingerprint density at radius 2 is 1.62 bits per heavy atom. The molecule has 3 aromatic carbocycles. The number of carbonyl (C=O) groups excluding carboxylic acids is 1. The number of carbonyl (C=O) groups is 1. The molecule has 0 saturated heterocycles. The number of hydrogen-bond acceptors (Lipinski definition) is 6. The summed E-state index contributed by atoms with van der Waals surface area (Å²) in [6.45, 7) is 5.97. The summed E-state index contributed by atoms with van der Waals surface area (Å²) in [6.07, 6.45) is 2.53. The fraction of sp³-hybridized carbons (Fsp3) is 0.267. The van der Waals surface area contributed by atoms with E-state index in [1.807, 2.05) is 66.7 Å². The summed E-state index contributed by atoms with van der Waals surface area (Å²) in [5.41, 5.74) is 2.96. The maximum absolute atomic E-state index is 13.7. The van der Waals surface area contributed by atoms with Crippen LogP contribution in [0.15, 0.2) is 83.7 Å². The Morgan fingerprint density at radius 1 is 0.923 bits per heavy atom. The topological polar surface area (TPSA) is 111 Å². The number of nitrogens with one attached hydrogen (secondary N) is 1. The molecule has 5 aromatic rings. The average Bonchev–Trinajstić information content (AvgIpc) is 3.61. The minimum atomic E-state index is -1.13. The number of Topliss-reactive ketones (excluding diaryl/α,β-unsaturated/α-hetero) is 1. The molecule has 0 aliphatic heterocycles. The SMILES string of the molecule is CCCCc1nn(C(C)(C)C(=O)c2ccccc2)c(=O)n1Cc1ccc(-c2ccccc2-c2nn[nH]n2)cc1. The average molecular weight is 522 g/mol. The van der Waals surface area contributed by atoms with Crippen LogP contribution in [0.5, 0.6) is 0 Å². The van der Waals surface area contributed by atoms with E-state index in [4.69, 9.17) is 5.10 Å². The van der Waals surface area contributed by atoms with E-state index < -0.39 is 5.54 Å². The first kappa shape index (κ1) is 26.0. The number of aryl methyl sites for hydroxylation is 1. The highest BCUT2D eigenvalue weighted by atomic mass is 16.2. The summed E-state index contributed by atoms with van der Waals surface area (Å²) in [7, 11) is 0. The van der Waals surface area contributed by atoms with Crippen molar-refractivity contribution in [3.05, 3.63) is 106 Å². The van der Waals surface area contributed by atoms with Crippen LogP contribution in [0.3, 0.4) is 0 Å². The Kier molecular flexibility index (Phi) is 7.31. The number of aromatic amines is 1. The molecule has 39 heavy (non-hydrogen) atoms. The number of benzene rings is 3. The molecule has 0 saturated carbocycles. The fourth-order valence-corrected chi connectivity index (χ4v) is 4.70. The van der Waals surface area contributed by atoms with Gasteiger partial charge in [0.05, 0.1) is 6.54 Å². The Morgan fingerprint density at radius 3 is 2.28 bits per heavy atom. The standard InChI is InChI=1S/C30H31N7O2/c1-4-5-15-26-33-37(30(2,3)27(38)23-11-7-6-8-12-23)29(39)36(26)20-21-16-18-22(19-17-21)24-13-9-10-14-25(24)28-31-34-35-32-28/h6-14,16-19H,4-5,15,20H2,1-3H3,(H,31,32,34,35). The van der Waals surface area contributed by atoms with Crippen molar-refractivity contribution in [2.75, 3.05) is 0 Å². The molecule has 0 amide bonds. The summed E-state index contributed by atoms with van der Waals surface area (Å²) in [4.78, 5) is 27.1. The van der Waals surface area contributed by atoms with Crippen molar-refractivity contribution in [1.82, 2.24) is 35.0 Å². The fourth-order valence-electron chi connectivity index (χ4n) is 4.70.